The van der Waals surface area contributed by atoms with Gasteiger partial charge in [0.1, 0.15) is 0 Å². The Kier molecular flexibility index (Phi) is 6.72. The van der Waals surface area contributed by atoms with Crippen molar-refractivity contribution in [3.8, 4) is 0 Å². The van der Waals surface area contributed by atoms with Crippen LogP contribution in [0.1, 0.15) is 51.0 Å². The van der Waals surface area contributed by atoms with E-state index in [1.54, 1.807) is 23.9 Å². The van der Waals surface area contributed by atoms with Gasteiger partial charge in [-0.2, -0.15) is 0 Å². The summed E-state index contributed by atoms with van der Waals surface area (Å²) in [5.41, 5.74) is 3.47. The standard InChI is InChI=1S/C23H31N3O2S2/c1-17(13-18-7-3-2-4-8-18)25-15-19-9-5-6-10-21(19)26-16-29-23-14-20(30(24,27)28)11-12-22(23)26/h5-6,9-12,14,17-18,25H,2-4,7-8,13,15-16H2,1H3,(H2,24,27,28). The lowest BCUT2D eigenvalue weighted by atomic mass is 9.85. The van der Waals surface area contributed by atoms with E-state index in [0.717, 1.165) is 28.9 Å². The van der Waals surface area contributed by atoms with E-state index < -0.39 is 10.0 Å². The van der Waals surface area contributed by atoms with Crippen molar-refractivity contribution in [1.29, 1.82) is 0 Å². The van der Waals surface area contributed by atoms with E-state index in [1.807, 2.05) is 6.07 Å². The third-order valence-electron chi connectivity index (χ3n) is 6.23. The van der Waals surface area contributed by atoms with Gasteiger partial charge in [-0.15, -0.1) is 11.8 Å². The lowest BCUT2D eigenvalue weighted by Gasteiger charge is -2.26. The second kappa shape index (κ2) is 9.30. The molecule has 5 nitrogen and oxygen atoms in total. The molecule has 30 heavy (non-hydrogen) atoms. The Morgan fingerprint density at radius 1 is 1.13 bits per heavy atom. The van der Waals surface area contributed by atoms with Gasteiger partial charge < -0.3 is 10.2 Å². The monoisotopic (exact) mass is 445 g/mol. The molecule has 0 bridgehead atoms. The summed E-state index contributed by atoms with van der Waals surface area (Å²) in [5.74, 6) is 1.63. The van der Waals surface area contributed by atoms with Crippen LogP contribution in [0.5, 0.6) is 0 Å². The summed E-state index contributed by atoms with van der Waals surface area (Å²) in [6, 6.07) is 14.1. The van der Waals surface area contributed by atoms with Crippen molar-refractivity contribution in [3.05, 3.63) is 48.0 Å². The van der Waals surface area contributed by atoms with E-state index in [-0.39, 0.29) is 4.90 Å². The number of para-hydroxylation sites is 1. The lowest BCUT2D eigenvalue weighted by Crippen LogP contribution is -2.29. The Morgan fingerprint density at radius 3 is 2.67 bits per heavy atom. The van der Waals surface area contributed by atoms with Crippen LogP contribution in [0.3, 0.4) is 0 Å². The van der Waals surface area contributed by atoms with Gasteiger partial charge in [-0.1, -0.05) is 50.3 Å². The molecule has 162 valence electrons. The fourth-order valence-electron chi connectivity index (χ4n) is 4.63. The number of sulfonamides is 1. The highest BCUT2D eigenvalue weighted by atomic mass is 32.2. The second-order valence-corrected chi connectivity index (χ2v) is 11.1. The molecular formula is C23H31N3O2S2. The van der Waals surface area contributed by atoms with Crippen LogP contribution in [-0.4, -0.2) is 20.3 Å². The molecule has 3 N–H and O–H groups in total. The first kappa shape index (κ1) is 21.7. The van der Waals surface area contributed by atoms with Crippen LogP contribution < -0.4 is 15.4 Å². The van der Waals surface area contributed by atoms with E-state index >= 15 is 0 Å². The van der Waals surface area contributed by atoms with E-state index in [0.29, 0.717) is 6.04 Å². The molecule has 1 heterocycles. The Morgan fingerprint density at radius 2 is 1.90 bits per heavy atom. The first-order valence-corrected chi connectivity index (χ1v) is 13.3. The number of anilines is 2. The summed E-state index contributed by atoms with van der Waals surface area (Å²) in [5, 5.41) is 9.03. The topological polar surface area (TPSA) is 75.4 Å². The number of nitrogens with two attached hydrogens (primary N) is 1. The number of benzene rings is 2. The summed E-state index contributed by atoms with van der Waals surface area (Å²) in [4.78, 5) is 3.38. The predicted octanol–water partition coefficient (Wildman–Crippen LogP) is 4.98. The molecular weight excluding hydrogens is 414 g/mol. The van der Waals surface area contributed by atoms with Gasteiger partial charge in [0, 0.05) is 23.2 Å². The van der Waals surface area contributed by atoms with Crippen LogP contribution >= 0.6 is 11.8 Å². The number of primary sulfonamides is 1. The maximum atomic E-state index is 11.7. The van der Waals surface area contributed by atoms with Gasteiger partial charge in [-0.05, 0) is 49.1 Å². The molecule has 4 rings (SSSR count). The van der Waals surface area contributed by atoms with Gasteiger partial charge in [-0.3, -0.25) is 0 Å². The molecule has 1 saturated carbocycles. The average Bonchev–Trinajstić information content (AvgIpc) is 3.16. The number of fused-ring (bicyclic) bond motifs is 1. The number of nitrogens with zero attached hydrogens (tertiary/aromatic N) is 1. The minimum atomic E-state index is -3.69. The highest BCUT2D eigenvalue weighted by molar-refractivity contribution is 8.00. The maximum absolute atomic E-state index is 11.7. The van der Waals surface area contributed by atoms with E-state index in [9.17, 15) is 8.42 Å². The highest BCUT2D eigenvalue weighted by Crippen LogP contribution is 2.44. The first-order valence-electron chi connectivity index (χ1n) is 10.8. The molecule has 1 unspecified atom stereocenters. The van der Waals surface area contributed by atoms with E-state index in [1.165, 1.54) is 49.8 Å². The normalized spacial score (nSPS) is 18.4. The zero-order chi connectivity index (χ0) is 21.1. The number of hydrogen-bond acceptors (Lipinski definition) is 5. The zero-order valence-electron chi connectivity index (χ0n) is 17.5. The molecule has 2 aromatic carbocycles. The van der Waals surface area contributed by atoms with Crippen molar-refractivity contribution in [3.63, 3.8) is 0 Å². The Labute approximate surface area is 184 Å². The molecule has 0 aromatic heterocycles. The molecule has 2 aliphatic rings. The number of rotatable bonds is 7. The Balaban J connectivity index is 1.47. The molecule has 1 aliphatic heterocycles. The molecule has 0 spiro atoms. The van der Waals surface area contributed by atoms with Crippen LogP contribution in [0, 0.1) is 5.92 Å². The van der Waals surface area contributed by atoms with Crippen LogP contribution in [0.4, 0.5) is 11.4 Å². The molecule has 2 aromatic rings. The summed E-state index contributed by atoms with van der Waals surface area (Å²) in [6.45, 7) is 3.13. The Hall–Kier alpha value is -1.54. The highest BCUT2D eigenvalue weighted by Gasteiger charge is 2.25. The SMILES string of the molecule is CC(CC1CCCCC1)NCc1ccccc1N1CSc2cc(S(N)(=O)=O)ccc21. The number of hydrogen-bond donors (Lipinski definition) is 2. The van der Waals surface area contributed by atoms with Crippen LogP contribution in [0.2, 0.25) is 0 Å². The largest absolute Gasteiger partial charge is 0.330 e. The van der Waals surface area contributed by atoms with Gasteiger partial charge in [0.05, 0.1) is 16.5 Å². The summed E-state index contributed by atoms with van der Waals surface area (Å²) < 4.78 is 23.4. The first-order chi connectivity index (χ1) is 14.4. The molecule has 1 atom stereocenters. The molecule has 0 saturated heterocycles. The van der Waals surface area contributed by atoms with Crippen LogP contribution in [0.15, 0.2) is 52.3 Å². The third-order valence-corrected chi connectivity index (χ3v) is 8.17. The quantitative estimate of drug-likeness (QED) is 0.628. The van der Waals surface area contributed by atoms with E-state index in [4.69, 9.17) is 5.14 Å². The number of thioether (sulfide) groups is 1. The summed E-state index contributed by atoms with van der Waals surface area (Å²) in [7, 11) is -3.69. The van der Waals surface area contributed by atoms with Gasteiger partial charge in [0.15, 0.2) is 0 Å². The van der Waals surface area contributed by atoms with Crippen molar-refractivity contribution < 1.29 is 8.42 Å². The van der Waals surface area contributed by atoms with Crippen molar-refractivity contribution in [2.75, 3.05) is 10.8 Å². The zero-order valence-corrected chi connectivity index (χ0v) is 19.1. The molecule has 1 aliphatic carbocycles. The van der Waals surface area contributed by atoms with Gasteiger partial charge in [-0.25, -0.2) is 13.6 Å². The van der Waals surface area contributed by atoms with Crippen molar-refractivity contribution in [1.82, 2.24) is 5.32 Å². The van der Waals surface area contributed by atoms with Crippen molar-refractivity contribution in [2.45, 2.75) is 67.8 Å². The Bertz CT molecular complexity index is 988. The minimum Gasteiger partial charge on any atom is -0.330 e. The number of nitrogens with one attached hydrogen (secondary N) is 1. The molecule has 0 amide bonds. The fraction of sp³-hybridized carbons (Fsp3) is 0.478. The predicted molar refractivity (Wildman–Crippen MR) is 125 cm³/mol. The van der Waals surface area contributed by atoms with Gasteiger partial charge in [0.2, 0.25) is 10.0 Å². The van der Waals surface area contributed by atoms with E-state index in [2.05, 4.69) is 41.4 Å². The van der Waals surface area contributed by atoms with Crippen molar-refractivity contribution >= 4 is 33.2 Å². The second-order valence-electron chi connectivity index (χ2n) is 8.53. The molecule has 7 heteroatoms. The van der Waals surface area contributed by atoms with Gasteiger partial charge >= 0.3 is 0 Å². The fourth-order valence-corrected chi connectivity index (χ4v) is 6.32. The molecule has 1 fully saturated rings. The summed E-state index contributed by atoms with van der Waals surface area (Å²) in [6.07, 6.45) is 8.19. The van der Waals surface area contributed by atoms with Crippen LogP contribution in [0.25, 0.3) is 0 Å². The maximum Gasteiger partial charge on any atom is 0.238 e. The van der Waals surface area contributed by atoms with Crippen molar-refractivity contribution in [2.24, 2.45) is 11.1 Å². The summed E-state index contributed by atoms with van der Waals surface area (Å²) >= 11 is 1.64. The van der Waals surface area contributed by atoms with Crippen LogP contribution in [-0.2, 0) is 16.6 Å². The third kappa shape index (κ3) is 5.02. The lowest BCUT2D eigenvalue weighted by molar-refractivity contribution is 0.304. The minimum absolute atomic E-state index is 0.169. The molecule has 0 radical (unpaired) electrons. The average molecular weight is 446 g/mol. The van der Waals surface area contributed by atoms with Gasteiger partial charge in [0.25, 0.3) is 0 Å². The smallest absolute Gasteiger partial charge is 0.238 e.